The minimum atomic E-state index is -0.131. The molecule has 1 N–H and O–H groups in total. The molecule has 6 heteroatoms. The summed E-state index contributed by atoms with van der Waals surface area (Å²) >= 11 is 1.34. The summed E-state index contributed by atoms with van der Waals surface area (Å²) in [4.78, 5) is 19.3. The second kappa shape index (κ2) is 7.44. The van der Waals surface area contributed by atoms with Gasteiger partial charge in [-0.2, -0.15) is 0 Å². The topological polar surface area (TPSA) is 53.9 Å². The molecule has 1 aliphatic heterocycles. The normalized spacial score (nSPS) is 17.0. The third-order valence-corrected chi connectivity index (χ3v) is 4.57. The molecule has 1 heterocycles. The highest BCUT2D eigenvalue weighted by molar-refractivity contribution is 8.18. The standard InChI is InChI=1S/C19H19N3O2S/c1-22(2)15-8-4-13(5-9-15)12-17-18(23)21-19(25-17)20-14-6-10-16(24-3)11-7-14/h4-12H,1-3H3,(H,20,21,23)/b17-12-. The van der Waals surface area contributed by atoms with Crippen molar-refractivity contribution >= 4 is 40.3 Å². The van der Waals surface area contributed by atoms with Gasteiger partial charge in [0.25, 0.3) is 5.91 Å². The van der Waals surface area contributed by atoms with Gasteiger partial charge in [0.05, 0.1) is 17.7 Å². The van der Waals surface area contributed by atoms with Gasteiger partial charge in [-0.25, -0.2) is 4.99 Å². The van der Waals surface area contributed by atoms with Gasteiger partial charge in [0.2, 0.25) is 0 Å². The lowest BCUT2D eigenvalue weighted by molar-refractivity contribution is -0.115. The fraction of sp³-hybridized carbons (Fsp3) is 0.158. The van der Waals surface area contributed by atoms with E-state index in [0.29, 0.717) is 10.1 Å². The molecule has 0 bridgehead atoms. The number of benzene rings is 2. The number of hydrogen-bond donors (Lipinski definition) is 1. The van der Waals surface area contributed by atoms with Crippen molar-refractivity contribution in [1.29, 1.82) is 0 Å². The smallest absolute Gasteiger partial charge is 0.264 e. The number of rotatable bonds is 4. The average Bonchev–Trinajstić information content (AvgIpc) is 2.95. The van der Waals surface area contributed by atoms with Crippen LogP contribution in [0, 0.1) is 0 Å². The van der Waals surface area contributed by atoms with Crippen LogP contribution in [0.15, 0.2) is 58.4 Å². The van der Waals surface area contributed by atoms with E-state index in [1.54, 1.807) is 7.11 Å². The quantitative estimate of drug-likeness (QED) is 0.853. The van der Waals surface area contributed by atoms with E-state index >= 15 is 0 Å². The summed E-state index contributed by atoms with van der Waals surface area (Å²) < 4.78 is 5.13. The number of aliphatic imine (C=N–C) groups is 1. The highest BCUT2D eigenvalue weighted by Gasteiger charge is 2.23. The van der Waals surface area contributed by atoms with Gasteiger partial charge >= 0.3 is 0 Å². The minimum absolute atomic E-state index is 0.131. The third kappa shape index (κ3) is 4.22. The zero-order chi connectivity index (χ0) is 17.8. The zero-order valence-corrected chi connectivity index (χ0v) is 15.1. The maximum absolute atomic E-state index is 12.1. The Morgan fingerprint density at radius 2 is 1.76 bits per heavy atom. The molecular formula is C19H19N3O2S. The van der Waals surface area contributed by atoms with Crippen LogP contribution < -0.4 is 15.0 Å². The van der Waals surface area contributed by atoms with Gasteiger partial charge in [0, 0.05) is 19.8 Å². The first-order valence-electron chi connectivity index (χ1n) is 7.76. The highest BCUT2D eigenvalue weighted by atomic mass is 32.2. The lowest BCUT2D eigenvalue weighted by atomic mass is 10.2. The van der Waals surface area contributed by atoms with Crippen LogP contribution in [0.25, 0.3) is 6.08 Å². The summed E-state index contributed by atoms with van der Waals surface area (Å²) in [6.07, 6.45) is 1.87. The Kier molecular flexibility index (Phi) is 5.09. The summed E-state index contributed by atoms with van der Waals surface area (Å²) in [5.41, 5.74) is 2.86. The first-order valence-corrected chi connectivity index (χ1v) is 8.58. The molecular weight excluding hydrogens is 334 g/mol. The molecule has 5 nitrogen and oxygen atoms in total. The van der Waals surface area contributed by atoms with Crippen LogP contribution >= 0.6 is 11.8 Å². The maximum Gasteiger partial charge on any atom is 0.264 e. The summed E-state index contributed by atoms with van der Waals surface area (Å²) in [5, 5.41) is 3.37. The number of nitrogens with zero attached hydrogens (tertiary/aromatic N) is 2. The number of ether oxygens (including phenoxy) is 1. The molecule has 0 unspecified atom stereocenters. The van der Waals surface area contributed by atoms with E-state index in [0.717, 1.165) is 22.7 Å². The van der Waals surface area contributed by atoms with Gasteiger partial charge in [0.1, 0.15) is 5.75 Å². The van der Waals surface area contributed by atoms with E-state index in [1.807, 2.05) is 73.6 Å². The van der Waals surface area contributed by atoms with E-state index in [-0.39, 0.29) is 5.91 Å². The zero-order valence-electron chi connectivity index (χ0n) is 14.3. The van der Waals surface area contributed by atoms with Crippen molar-refractivity contribution in [2.45, 2.75) is 0 Å². The summed E-state index contributed by atoms with van der Waals surface area (Å²) in [6, 6.07) is 15.4. The molecule has 0 aromatic heterocycles. The molecule has 2 aromatic rings. The Bertz CT molecular complexity index is 825. The van der Waals surface area contributed by atoms with Crippen molar-refractivity contribution in [1.82, 2.24) is 5.32 Å². The van der Waals surface area contributed by atoms with Crippen molar-refractivity contribution in [2.75, 3.05) is 26.1 Å². The molecule has 0 radical (unpaired) electrons. The molecule has 0 spiro atoms. The molecule has 1 amide bonds. The molecule has 1 saturated heterocycles. The monoisotopic (exact) mass is 353 g/mol. The second-order valence-corrected chi connectivity index (χ2v) is 6.70. The predicted octanol–water partition coefficient (Wildman–Crippen LogP) is 3.65. The number of nitrogens with one attached hydrogen (secondary N) is 1. The summed E-state index contributed by atoms with van der Waals surface area (Å²) in [7, 11) is 5.61. The fourth-order valence-corrected chi connectivity index (χ4v) is 3.12. The summed E-state index contributed by atoms with van der Waals surface area (Å²) in [5.74, 6) is 0.641. The van der Waals surface area contributed by atoms with Crippen LogP contribution in [0.2, 0.25) is 0 Å². The first kappa shape index (κ1) is 17.1. The lowest BCUT2D eigenvalue weighted by Gasteiger charge is -2.11. The number of thioether (sulfide) groups is 1. The molecule has 3 rings (SSSR count). The molecule has 128 valence electrons. The number of hydrogen-bond acceptors (Lipinski definition) is 5. The van der Waals surface area contributed by atoms with Gasteiger partial charge in [-0.3, -0.25) is 4.79 Å². The SMILES string of the molecule is COc1ccc(N=C2NC(=O)/C(=C/c3ccc(N(C)C)cc3)S2)cc1. The second-order valence-electron chi connectivity index (χ2n) is 5.67. The van der Waals surface area contributed by atoms with E-state index in [9.17, 15) is 4.79 Å². The van der Waals surface area contributed by atoms with Crippen LogP contribution in [0.3, 0.4) is 0 Å². The van der Waals surface area contributed by atoms with Crippen molar-refractivity contribution in [3.63, 3.8) is 0 Å². The Morgan fingerprint density at radius 1 is 1.08 bits per heavy atom. The van der Waals surface area contributed by atoms with Gasteiger partial charge in [0.15, 0.2) is 5.17 Å². The molecule has 0 aliphatic carbocycles. The van der Waals surface area contributed by atoms with Crippen LogP contribution in [0.1, 0.15) is 5.56 Å². The maximum atomic E-state index is 12.1. The Labute approximate surface area is 151 Å². The molecule has 25 heavy (non-hydrogen) atoms. The molecule has 1 fully saturated rings. The third-order valence-electron chi connectivity index (χ3n) is 3.66. The number of amidine groups is 1. The van der Waals surface area contributed by atoms with Crippen molar-refractivity contribution in [2.24, 2.45) is 4.99 Å². The van der Waals surface area contributed by atoms with Crippen LogP contribution in [-0.2, 0) is 4.79 Å². The number of carbonyl (C=O) groups excluding carboxylic acids is 1. The molecule has 0 atom stereocenters. The lowest BCUT2D eigenvalue weighted by Crippen LogP contribution is -2.19. The summed E-state index contributed by atoms with van der Waals surface area (Å²) in [6.45, 7) is 0. The van der Waals surface area contributed by atoms with Gasteiger partial charge < -0.3 is 15.0 Å². The van der Waals surface area contributed by atoms with Crippen LogP contribution in [0.4, 0.5) is 11.4 Å². The van der Waals surface area contributed by atoms with E-state index < -0.39 is 0 Å². The van der Waals surface area contributed by atoms with E-state index in [1.165, 1.54) is 11.8 Å². The van der Waals surface area contributed by atoms with Crippen molar-refractivity contribution in [3.8, 4) is 5.75 Å². The van der Waals surface area contributed by atoms with Crippen molar-refractivity contribution in [3.05, 3.63) is 59.0 Å². The molecule has 2 aromatic carbocycles. The fourth-order valence-electron chi connectivity index (χ4n) is 2.27. The average molecular weight is 353 g/mol. The Balaban J connectivity index is 1.76. The van der Waals surface area contributed by atoms with Crippen LogP contribution in [-0.4, -0.2) is 32.3 Å². The largest absolute Gasteiger partial charge is 0.497 e. The van der Waals surface area contributed by atoms with E-state index in [4.69, 9.17) is 4.74 Å². The highest BCUT2D eigenvalue weighted by Crippen LogP contribution is 2.29. The Morgan fingerprint density at radius 3 is 2.36 bits per heavy atom. The number of amides is 1. The first-order chi connectivity index (χ1) is 12.0. The Hall–Kier alpha value is -2.73. The molecule has 0 saturated carbocycles. The minimum Gasteiger partial charge on any atom is -0.497 e. The number of methoxy groups -OCH3 is 1. The van der Waals surface area contributed by atoms with Crippen LogP contribution in [0.5, 0.6) is 5.75 Å². The van der Waals surface area contributed by atoms with Gasteiger partial charge in [-0.15, -0.1) is 0 Å². The number of anilines is 1. The van der Waals surface area contributed by atoms with Gasteiger partial charge in [-0.1, -0.05) is 12.1 Å². The molecule has 1 aliphatic rings. The van der Waals surface area contributed by atoms with E-state index in [2.05, 4.69) is 10.3 Å². The van der Waals surface area contributed by atoms with Gasteiger partial charge in [-0.05, 0) is 59.8 Å². The van der Waals surface area contributed by atoms with Crippen molar-refractivity contribution < 1.29 is 9.53 Å². The number of carbonyl (C=O) groups is 1. The predicted molar refractivity (Wildman–Crippen MR) is 105 cm³/mol.